The number of hydrogen-bond donors (Lipinski definition) is 1. The summed E-state index contributed by atoms with van der Waals surface area (Å²) in [4.78, 5) is 25.5. The first-order valence-corrected chi connectivity index (χ1v) is 13.3. The number of hydrogen-bond acceptors (Lipinski definition) is 2. The Morgan fingerprint density at radius 2 is 1.61 bits per heavy atom. The van der Waals surface area contributed by atoms with Crippen molar-refractivity contribution >= 4 is 11.8 Å². The first kappa shape index (κ1) is 23.4. The topological polar surface area (TPSA) is 54.4 Å². The molecular weight excluding hydrogens is 408 g/mol. The molecule has 0 bridgehead atoms. The van der Waals surface area contributed by atoms with Gasteiger partial charge in [-0.2, -0.15) is 0 Å². The second kappa shape index (κ2) is 6.64. The molecule has 3 fully saturated rings. The molecule has 3 saturated carbocycles. The van der Waals surface area contributed by atoms with Crippen LogP contribution in [0.4, 0.5) is 0 Å². The van der Waals surface area contributed by atoms with Gasteiger partial charge in [-0.1, -0.05) is 66.2 Å². The fraction of sp³-hybridized carbons (Fsp3) is 0.800. The van der Waals surface area contributed by atoms with Gasteiger partial charge in [0.2, 0.25) is 0 Å². The molecule has 0 heterocycles. The Morgan fingerprint density at radius 3 is 2.27 bits per heavy atom. The summed E-state index contributed by atoms with van der Waals surface area (Å²) in [6, 6.07) is 0. The smallest absolute Gasteiger partial charge is 0.310 e. The molecule has 7 atom stereocenters. The van der Waals surface area contributed by atoms with Crippen molar-refractivity contribution in [2.24, 2.45) is 50.2 Å². The van der Waals surface area contributed by atoms with E-state index in [-0.39, 0.29) is 38.8 Å². The highest BCUT2D eigenvalue weighted by atomic mass is 16.4. The monoisotopic (exact) mass is 452 g/mol. The number of carbonyl (C=O) groups excluding carboxylic acids is 1. The third-order valence-corrected chi connectivity index (χ3v) is 12.3. The highest BCUT2D eigenvalue weighted by molar-refractivity contribution is 5.95. The maximum Gasteiger partial charge on any atom is 0.310 e. The Morgan fingerprint density at radius 1 is 0.939 bits per heavy atom. The zero-order valence-corrected chi connectivity index (χ0v) is 21.9. The lowest BCUT2D eigenvalue weighted by atomic mass is 9.34. The van der Waals surface area contributed by atoms with Gasteiger partial charge in [-0.15, -0.1) is 0 Å². The van der Waals surface area contributed by atoms with E-state index in [1.165, 1.54) is 5.57 Å². The van der Waals surface area contributed by atoms with Gasteiger partial charge in [0.05, 0.1) is 5.41 Å². The van der Waals surface area contributed by atoms with Gasteiger partial charge in [0, 0.05) is 5.41 Å². The molecule has 3 nitrogen and oxygen atoms in total. The molecule has 5 rings (SSSR count). The maximum absolute atomic E-state index is 12.8. The Bertz CT molecular complexity index is 969. The van der Waals surface area contributed by atoms with Crippen molar-refractivity contribution < 1.29 is 14.7 Å². The minimum atomic E-state index is -0.579. The van der Waals surface area contributed by atoms with Gasteiger partial charge >= 0.3 is 5.97 Å². The van der Waals surface area contributed by atoms with Crippen LogP contribution in [0.1, 0.15) is 99.8 Å². The molecule has 3 heteroatoms. The summed E-state index contributed by atoms with van der Waals surface area (Å²) in [5.41, 5.74) is 0.928. The molecule has 5 aliphatic rings. The first-order chi connectivity index (χ1) is 15.1. The van der Waals surface area contributed by atoms with Crippen molar-refractivity contribution in [3.63, 3.8) is 0 Å². The number of aliphatic carboxylic acids is 1. The summed E-state index contributed by atoms with van der Waals surface area (Å²) >= 11 is 0. The zero-order valence-electron chi connectivity index (χ0n) is 21.9. The number of allylic oxidation sites excluding steroid dienone is 4. The van der Waals surface area contributed by atoms with Crippen LogP contribution >= 0.6 is 0 Å². The first-order valence-electron chi connectivity index (χ1n) is 13.3. The van der Waals surface area contributed by atoms with E-state index in [2.05, 4.69) is 60.6 Å². The van der Waals surface area contributed by atoms with Crippen LogP contribution < -0.4 is 0 Å². The van der Waals surface area contributed by atoms with E-state index in [1.807, 2.05) is 6.08 Å². The molecule has 0 amide bonds. The molecule has 0 saturated heterocycles. The molecule has 182 valence electrons. The van der Waals surface area contributed by atoms with Gasteiger partial charge < -0.3 is 5.11 Å². The summed E-state index contributed by atoms with van der Waals surface area (Å²) in [5.74, 6) is 0.717. The van der Waals surface area contributed by atoms with Crippen LogP contribution in [0.25, 0.3) is 0 Å². The molecule has 0 aromatic carbocycles. The van der Waals surface area contributed by atoms with E-state index >= 15 is 0 Å². The minimum absolute atomic E-state index is 0.00260. The molecule has 5 aliphatic carbocycles. The molecule has 0 aliphatic heterocycles. The van der Waals surface area contributed by atoms with Crippen LogP contribution in [0, 0.1) is 50.2 Å². The third-order valence-electron chi connectivity index (χ3n) is 12.3. The highest BCUT2D eigenvalue weighted by Crippen LogP contribution is 2.74. The number of carbonyl (C=O) groups is 2. The second-order valence-electron chi connectivity index (χ2n) is 14.5. The van der Waals surface area contributed by atoms with E-state index in [0.29, 0.717) is 11.8 Å². The van der Waals surface area contributed by atoms with Crippen LogP contribution in [-0.2, 0) is 9.59 Å². The molecule has 0 radical (unpaired) electrons. The van der Waals surface area contributed by atoms with Crippen molar-refractivity contribution in [1.82, 2.24) is 0 Å². The lowest BCUT2D eigenvalue weighted by Gasteiger charge is -2.69. The van der Waals surface area contributed by atoms with E-state index < -0.39 is 11.4 Å². The Labute approximate surface area is 200 Å². The predicted octanol–water partition coefficient (Wildman–Crippen LogP) is 7.22. The van der Waals surface area contributed by atoms with Gasteiger partial charge in [0.25, 0.3) is 0 Å². The third kappa shape index (κ3) is 2.74. The average molecular weight is 453 g/mol. The van der Waals surface area contributed by atoms with Crippen LogP contribution in [0.15, 0.2) is 23.8 Å². The molecule has 33 heavy (non-hydrogen) atoms. The fourth-order valence-corrected chi connectivity index (χ4v) is 9.93. The maximum atomic E-state index is 12.8. The standard InChI is InChI=1S/C30H44O3/c1-25(2)14-16-30(24(32)33)17-15-28(6)19(20(30)18-25)8-9-22-27(5)12-11-23(31)26(3,4)21(27)10-13-29(22,28)7/h8,11-12,20-22H,9-10,13-18H2,1-7H3,(H,32,33)/t20?,21-,22+,27-,28+,29+,30-/m0/s1. The summed E-state index contributed by atoms with van der Waals surface area (Å²) in [5, 5.41) is 10.5. The van der Waals surface area contributed by atoms with E-state index in [1.54, 1.807) is 0 Å². The number of rotatable bonds is 1. The van der Waals surface area contributed by atoms with Crippen LogP contribution in [0.2, 0.25) is 0 Å². The number of fused-ring (bicyclic) bond motifs is 7. The van der Waals surface area contributed by atoms with Crippen molar-refractivity contribution in [1.29, 1.82) is 0 Å². The lowest BCUT2D eigenvalue weighted by Crippen LogP contribution is -2.63. The molecule has 0 aromatic rings. The second-order valence-corrected chi connectivity index (χ2v) is 14.5. The van der Waals surface area contributed by atoms with Gasteiger partial charge in [-0.25, -0.2) is 0 Å². The summed E-state index contributed by atoms with van der Waals surface area (Å²) in [6.45, 7) is 16.4. The summed E-state index contributed by atoms with van der Waals surface area (Å²) in [6.07, 6.45) is 14.5. The average Bonchev–Trinajstić information content (AvgIpc) is 2.71. The normalized spacial score (nSPS) is 49.7. The van der Waals surface area contributed by atoms with Gasteiger partial charge in [0.1, 0.15) is 0 Å². The molecular formula is C30H44O3. The lowest BCUT2D eigenvalue weighted by molar-refractivity contribution is -0.174. The Hall–Kier alpha value is -1.38. The van der Waals surface area contributed by atoms with Crippen LogP contribution in [0.5, 0.6) is 0 Å². The van der Waals surface area contributed by atoms with Gasteiger partial charge in [-0.3, -0.25) is 9.59 Å². The van der Waals surface area contributed by atoms with Crippen LogP contribution in [-0.4, -0.2) is 16.9 Å². The fourth-order valence-electron chi connectivity index (χ4n) is 9.93. The van der Waals surface area contributed by atoms with E-state index in [9.17, 15) is 14.7 Å². The summed E-state index contributed by atoms with van der Waals surface area (Å²) in [7, 11) is 0. The number of carboxylic acids is 1. The van der Waals surface area contributed by atoms with Crippen molar-refractivity contribution in [2.75, 3.05) is 0 Å². The van der Waals surface area contributed by atoms with Crippen molar-refractivity contribution in [3.05, 3.63) is 23.8 Å². The van der Waals surface area contributed by atoms with E-state index in [0.717, 1.165) is 51.4 Å². The number of carboxylic acid groups (broad SMARTS) is 1. The SMILES string of the molecule is CC1(C)CC[C@]2(C(=O)O)CC[C@]3(C)C(=CC[C@@H]4[C@@]5(C)C=CC(=O)C(C)(C)[C@@H]5CC[C@]43C)C2C1. The quantitative estimate of drug-likeness (QED) is 0.427. The molecule has 1 N–H and O–H groups in total. The Balaban J connectivity index is 1.63. The van der Waals surface area contributed by atoms with Crippen molar-refractivity contribution in [3.8, 4) is 0 Å². The molecule has 1 unspecified atom stereocenters. The largest absolute Gasteiger partial charge is 0.481 e. The highest BCUT2D eigenvalue weighted by Gasteiger charge is 2.68. The van der Waals surface area contributed by atoms with Crippen molar-refractivity contribution in [2.45, 2.75) is 99.8 Å². The predicted molar refractivity (Wildman–Crippen MR) is 132 cm³/mol. The number of ketones is 1. The molecule has 0 aromatic heterocycles. The van der Waals surface area contributed by atoms with Crippen LogP contribution in [0.3, 0.4) is 0 Å². The van der Waals surface area contributed by atoms with Gasteiger partial charge in [-0.05, 0) is 96.9 Å². The Kier molecular flexibility index (Phi) is 4.70. The van der Waals surface area contributed by atoms with E-state index in [4.69, 9.17) is 0 Å². The van der Waals surface area contributed by atoms with Gasteiger partial charge in [0.15, 0.2) is 5.78 Å². The minimum Gasteiger partial charge on any atom is -0.481 e. The molecule has 0 spiro atoms. The zero-order chi connectivity index (χ0) is 24.2. The summed E-state index contributed by atoms with van der Waals surface area (Å²) < 4.78 is 0.